The molecule has 3 rings (SSSR count). The Kier molecular flexibility index (Phi) is 2.42. The zero-order valence-corrected chi connectivity index (χ0v) is 9.81. The van der Waals surface area contributed by atoms with E-state index in [2.05, 4.69) is 15.3 Å². The summed E-state index contributed by atoms with van der Waals surface area (Å²) in [5.41, 5.74) is 5.92. The number of nitrogens with one attached hydrogen (secondary N) is 2. The molecular formula is C13H10N4O2. The Balaban J connectivity index is 1.93. The molecule has 0 amide bonds. The van der Waals surface area contributed by atoms with Crippen molar-refractivity contribution in [2.75, 3.05) is 11.1 Å². The molecule has 0 atom stereocenters. The average Bonchev–Trinajstić information content (AvgIpc) is 2.98. The maximum atomic E-state index is 11.3. The molecule has 6 nitrogen and oxygen atoms in total. The van der Waals surface area contributed by atoms with Gasteiger partial charge in [0.2, 0.25) is 0 Å². The molecule has 0 aliphatic heterocycles. The quantitative estimate of drug-likeness (QED) is 0.605. The highest BCUT2D eigenvalue weighted by Gasteiger charge is 2.17. The summed E-state index contributed by atoms with van der Waals surface area (Å²) < 4.78 is 0. The zero-order valence-electron chi connectivity index (χ0n) is 9.81. The van der Waals surface area contributed by atoms with Crippen molar-refractivity contribution in [2.24, 2.45) is 0 Å². The van der Waals surface area contributed by atoms with Crippen molar-refractivity contribution in [1.82, 2.24) is 9.97 Å². The van der Waals surface area contributed by atoms with Crippen molar-refractivity contribution >= 4 is 17.1 Å². The lowest BCUT2D eigenvalue weighted by molar-refractivity contribution is 1.31. The number of aromatic amines is 1. The molecule has 1 aromatic heterocycles. The maximum absolute atomic E-state index is 11.3. The molecule has 0 aliphatic rings. The Bertz CT molecular complexity index is 798. The molecule has 1 heterocycles. The Hall–Kier alpha value is -2.89. The Labute approximate surface area is 107 Å². The van der Waals surface area contributed by atoms with E-state index in [9.17, 15) is 9.59 Å². The summed E-state index contributed by atoms with van der Waals surface area (Å²) in [6, 6.07) is 7.30. The van der Waals surface area contributed by atoms with Crippen LogP contribution in [0.2, 0.25) is 0 Å². The van der Waals surface area contributed by atoms with E-state index in [4.69, 9.17) is 5.73 Å². The van der Waals surface area contributed by atoms with Gasteiger partial charge in [-0.05, 0) is 12.1 Å². The molecule has 0 radical (unpaired) electrons. The van der Waals surface area contributed by atoms with Crippen LogP contribution in [0, 0.1) is 0 Å². The van der Waals surface area contributed by atoms with Gasteiger partial charge in [-0.25, -0.2) is 4.98 Å². The zero-order chi connectivity index (χ0) is 13.4. The highest BCUT2D eigenvalue weighted by molar-refractivity contribution is 5.78. The first-order chi connectivity index (χ1) is 9.16. The Morgan fingerprint density at radius 1 is 1.21 bits per heavy atom. The molecule has 0 saturated carbocycles. The summed E-state index contributed by atoms with van der Waals surface area (Å²) in [5.74, 6) is 0.724. The summed E-state index contributed by atoms with van der Waals surface area (Å²) in [7, 11) is 0. The van der Waals surface area contributed by atoms with E-state index in [0.29, 0.717) is 5.69 Å². The number of imidazole rings is 1. The van der Waals surface area contributed by atoms with E-state index in [1.165, 1.54) is 0 Å². The predicted molar refractivity (Wildman–Crippen MR) is 73.1 cm³/mol. The van der Waals surface area contributed by atoms with Crippen LogP contribution in [0.15, 0.2) is 46.2 Å². The molecule has 0 unspecified atom stereocenters. The smallest absolute Gasteiger partial charge is 0.253 e. The molecule has 2 aromatic carbocycles. The fourth-order valence-electron chi connectivity index (χ4n) is 1.85. The first kappa shape index (κ1) is 11.2. The van der Waals surface area contributed by atoms with Crippen molar-refractivity contribution < 1.29 is 0 Å². The minimum atomic E-state index is -0.635. The van der Waals surface area contributed by atoms with Gasteiger partial charge in [0.25, 0.3) is 10.9 Å². The average molecular weight is 254 g/mol. The number of rotatable bonds is 3. The van der Waals surface area contributed by atoms with Gasteiger partial charge in [-0.15, -0.1) is 0 Å². The maximum Gasteiger partial charge on any atom is 0.253 e. The van der Waals surface area contributed by atoms with E-state index in [1.54, 1.807) is 18.5 Å². The van der Waals surface area contributed by atoms with Gasteiger partial charge in [-0.1, -0.05) is 12.1 Å². The van der Waals surface area contributed by atoms with Gasteiger partial charge in [-0.2, -0.15) is 0 Å². The van der Waals surface area contributed by atoms with Gasteiger partial charge in [0, 0.05) is 23.6 Å². The van der Waals surface area contributed by atoms with Gasteiger partial charge in [0.05, 0.1) is 0 Å². The van der Waals surface area contributed by atoms with Gasteiger partial charge < -0.3 is 16.0 Å². The fourth-order valence-corrected chi connectivity index (χ4v) is 1.85. The van der Waals surface area contributed by atoms with Crippen LogP contribution < -0.4 is 21.9 Å². The summed E-state index contributed by atoms with van der Waals surface area (Å²) in [6.07, 6.45) is 3.38. The van der Waals surface area contributed by atoms with Crippen molar-refractivity contribution in [1.29, 1.82) is 0 Å². The number of benzene rings is 1. The van der Waals surface area contributed by atoms with Crippen LogP contribution in [0.25, 0.3) is 11.4 Å². The third kappa shape index (κ3) is 1.79. The van der Waals surface area contributed by atoms with Crippen molar-refractivity contribution in [3.8, 4) is 11.4 Å². The van der Waals surface area contributed by atoms with Gasteiger partial charge in [0.15, 0.2) is 0 Å². The second-order valence-electron chi connectivity index (χ2n) is 4.09. The molecular weight excluding hydrogens is 244 g/mol. The van der Waals surface area contributed by atoms with Gasteiger partial charge in [0.1, 0.15) is 17.2 Å². The van der Waals surface area contributed by atoms with E-state index in [0.717, 1.165) is 11.4 Å². The number of hydrogen-bond donors (Lipinski definition) is 3. The van der Waals surface area contributed by atoms with Crippen LogP contribution in [0.5, 0.6) is 0 Å². The molecule has 94 valence electrons. The summed E-state index contributed by atoms with van der Waals surface area (Å²) in [6.45, 7) is 0. The molecule has 0 aliphatic carbocycles. The summed E-state index contributed by atoms with van der Waals surface area (Å²) >= 11 is 0. The number of H-pyrrole nitrogens is 1. The molecule has 19 heavy (non-hydrogen) atoms. The minimum Gasteiger partial charge on any atom is -0.394 e. The van der Waals surface area contributed by atoms with Crippen molar-refractivity contribution in [3.05, 3.63) is 57.1 Å². The number of nitrogen functional groups attached to an aromatic ring is 1. The predicted octanol–water partition coefficient (Wildman–Crippen LogP) is 0.998. The minimum absolute atomic E-state index is 0.0200. The SMILES string of the molecule is Nc1c(Nc2cccc(-c3ncc[nH]3)c2)c(=O)c1=O. The number of nitrogens with two attached hydrogens (primary N) is 1. The molecule has 0 bridgehead atoms. The second-order valence-corrected chi connectivity index (χ2v) is 4.09. The molecule has 0 spiro atoms. The number of anilines is 3. The standard InChI is InChI=1S/C13H10N4O2/c14-9-10(12(19)11(9)18)17-8-3-1-2-7(6-8)13-15-4-5-16-13/h1-6,17H,14H2,(H,15,16). The molecule has 3 aromatic rings. The van der Waals surface area contributed by atoms with E-state index < -0.39 is 10.9 Å². The lowest BCUT2D eigenvalue weighted by atomic mass is 10.1. The van der Waals surface area contributed by atoms with E-state index in [1.807, 2.05) is 18.2 Å². The highest BCUT2D eigenvalue weighted by atomic mass is 16.2. The Morgan fingerprint density at radius 2 is 2.05 bits per heavy atom. The van der Waals surface area contributed by atoms with Crippen LogP contribution in [-0.4, -0.2) is 9.97 Å². The number of nitrogens with zero attached hydrogens (tertiary/aromatic N) is 1. The molecule has 4 N–H and O–H groups in total. The van der Waals surface area contributed by atoms with Crippen LogP contribution in [0.3, 0.4) is 0 Å². The van der Waals surface area contributed by atoms with Crippen LogP contribution in [0.4, 0.5) is 17.1 Å². The lowest BCUT2D eigenvalue weighted by Crippen LogP contribution is -2.36. The molecule has 6 heteroatoms. The van der Waals surface area contributed by atoms with E-state index >= 15 is 0 Å². The lowest BCUT2D eigenvalue weighted by Gasteiger charge is -2.10. The largest absolute Gasteiger partial charge is 0.394 e. The number of hydrogen-bond acceptors (Lipinski definition) is 5. The number of aromatic nitrogens is 2. The monoisotopic (exact) mass is 254 g/mol. The topological polar surface area (TPSA) is 101 Å². The Morgan fingerprint density at radius 3 is 2.74 bits per heavy atom. The molecule has 0 saturated heterocycles. The normalized spacial score (nSPS) is 10.7. The first-order valence-corrected chi connectivity index (χ1v) is 5.62. The first-order valence-electron chi connectivity index (χ1n) is 5.62. The van der Waals surface area contributed by atoms with Gasteiger partial charge >= 0.3 is 0 Å². The third-order valence-corrected chi connectivity index (χ3v) is 2.85. The highest BCUT2D eigenvalue weighted by Crippen LogP contribution is 2.22. The van der Waals surface area contributed by atoms with Crippen molar-refractivity contribution in [2.45, 2.75) is 0 Å². The van der Waals surface area contributed by atoms with Crippen LogP contribution in [0.1, 0.15) is 0 Å². The molecule has 0 fully saturated rings. The van der Waals surface area contributed by atoms with Crippen molar-refractivity contribution in [3.63, 3.8) is 0 Å². The van der Waals surface area contributed by atoms with Crippen LogP contribution >= 0.6 is 0 Å². The van der Waals surface area contributed by atoms with E-state index in [-0.39, 0.29) is 11.4 Å². The van der Waals surface area contributed by atoms with Crippen LogP contribution in [-0.2, 0) is 0 Å². The second kappa shape index (κ2) is 4.09. The fraction of sp³-hybridized carbons (Fsp3) is 0. The summed E-state index contributed by atoms with van der Waals surface area (Å²) in [4.78, 5) is 29.5. The third-order valence-electron chi connectivity index (χ3n) is 2.85. The summed E-state index contributed by atoms with van der Waals surface area (Å²) in [5, 5.41) is 2.85. The van der Waals surface area contributed by atoms with Gasteiger partial charge in [-0.3, -0.25) is 9.59 Å².